The third kappa shape index (κ3) is 6.46. The molecule has 158 valence electrons. The van der Waals surface area contributed by atoms with Crippen LogP contribution in [0.15, 0.2) is 0 Å². The van der Waals surface area contributed by atoms with E-state index < -0.39 is 66.9 Å². The monoisotopic (exact) mass is 402 g/mol. The quantitative estimate of drug-likeness (QED) is 0.224. The summed E-state index contributed by atoms with van der Waals surface area (Å²) in [6.07, 6.45) is -0.0143. The maximum Gasteiger partial charge on any atom is 0.326 e. The summed E-state index contributed by atoms with van der Waals surface area (Å²) in [7, 11) is 0. The summed E-state index contributed by atoms with van der Waals surface area (Å²) in [5.41, 5.74) is 5.42. The molecule has 1 aliphatic rings. The topological polar surface area (TPSA) is 199 Å². The number of hydrogen-bond acceptors (Lipinski definition) is 7. The highest BCUT2D eigenvalue weighted by atomic mass is 16.4. The van der Waals surface area contributed by atoms with Crippen molar-refractivity contribution in [2.45, 2.75) is 56.8 Å². The maximum absolute atomic E-state index is 12.6. The highest BCUT2D eigenvalue weighted by molar-refractivity contribution is 5.94. The molecule has 0 radical (unpaired) electrons. The van der Waals surface area contributed by atoms with E-state index >= 15 is 0 Å². The Hall–Kier alpha value is -2.73. The van der Waals surface area contributed by atoms with Gasteiger partial charge < -0.3 is 36.6 Å². The van der Waals surface area contributed by atoms with Crippen LogP contribution in [0.25, 0.3) is 0 Å². The Balaban J connectivity index is 2.82. The Morgan fingerprint density at radius 2 is 1.79 bits per heavy atom. The van der Waals surface area contributed by atoms with E-state index in [1.807, 2.05) is 0 Å². The molecule has 1 saturated heterocycles. The van der Waals surface area contributed by atoms with Crippen molar-refractivity contribution in [3.63, 3.8) is 0 Å². The van der Waals surface area contributed by atoms with Crippen LogP contribution in [0.1, 0.15) is 32.6 Å². The normalized spacial score (nSPS) is 19.4. The molecule has 0 aromatic rings. The minimum absolute atomic E-state index is 0.189. The van der Waals surface area contributed by atoms with Gasteiger partial charge in [-0.05, 0) is 26.2 Å². The first-order chi connectivity index (χ1) is 13.1. The van der Waals surface area contributed by atoms with Gasteiger partial charge in [-0.15, -0.1) is 0 Å². The number of aliphatic hydroxyl groups is 1. The third-order valence-electron chi connectivity index (χ3n) is 4.31. The van der Waals surface area contributed by atoms with E-state index in [-0.39, 0.29) is 19.4 Å². The average Bonchev–Trinajstić information content (AvgIpc) is 3.11. The van der Waals surface area contributed by atoms with Crippen LogP contribution >= 0.6 is 0 Å². The van der Waals surface area contributed by atoms with Crippen LogP contribution in [0, 0.1) is 0 Å². The Morgan fingerprint density at radius 1 is 1.14 bits per heavy atom. The molecule has 1 fully saturated rings. The fourth-order valence-electron chi connectivity index (χ4n) is 2.78. The van der Waals surface area contributed by atoms with Crippen LogP contribution in [0.5, 0.6) is 0 Å². The summed E-state index contributed by atoms with van der Waals surface area (Å²) >= 11 is 0. The number of amides is 3. The van der Waals surface area contributed by atoms with E-state index in [2.05, 4.69) is 10.6 Å². The number of carbonyl (C=O) groups excluding carboxylic acids is 3. The Morgan fingerprint density at radius 3 is 2.29 bits per heavy atom. The van der Waals surface area contributed by atoms with Crippen molar-refractivity contribution in [2.24, 2.45) is 5.73 Å². The van der Waals surface area contributed by atoms with Crippen LogP contribution in [-0.4, -0.2) is 87.2 Å². The lowest BCUT2D eigenvalue weighted by molar-refractivity contribution is -0.145. The lowest BCUT2D eigenvalue weighted by atomic mass is 10.1. The molecule has 0 aliphatic carbocycles. The number of carboxylic acids is 2. The van der Waals surface area contributed by atoms with E-state index in [4.69, 9.17) is 15.9 Å². The maximum atomic E-state index is 12.6. The van der Waals surface area contributed by atoms with Gasteiger partial charge in [-0.3, -0.25) is 19.2 Å². The predicted molar refractivity (Wildman–Crippen MR) is 93.8 cm³/mol. The number of rotatable bonds is 10. The molecule has 28 heavy (non-hydrogen) atoms. The number of carboxylic acid groups (broad SMARTS) is 2. The predicted octanol–water partition coefficient (Wildman–Crippen LogP) is -2.76. The molecule has 1 aliphatic heterocycles. The smallest absolute Gasteiger partial charge is 0.326 e. The fourth-order valence-corrected chi connectivity index (χ4v) is 2.78. The van der Waals surface area contributed by atoms with Crippen LogP contribution in [0.4, 0.5) is 0 Å². The van der Waals surface area contributed by atoms with E-state index in [1.165, 1.54) is 6.92 Å². The van der Waals surface area contributed by atoms with Crippen molar-refractivity contribution in [1.29, 1.82) is 0 Å². The van der Waals surface area contributed by atoms with Crippen molar-refractivity contribution in [3.8, 4) is 0 Å². The van der Waals surface area contributed by atoms with Gasteiger partial charge in [0.15, 0.2) is 0 Å². The zero-order valence-corrected chi connectivity index (χ0v) is 15.5. The second-order valence-corrected chi connectivity index (χ2v) is 6.55. The number of hydrogen-bond donors (Lipinski definition) is 6. The molecule has 4 unspecified atom stereocenters. The number of aliphatic hydroxyl groups excluding tert-OH is 1. The van der Waals surface area contributed by atoms with Gasteiger partial charge in [0.1, 0.15) is 18.1 Å². The Kier molecular flexibility index (Phi) is 8.79. The van der Waals surface area contributed by atoms with Crippen molar-refractivity contribution in [1.82, 2.24) is 15.5 Å². The van der Waals surface area contributed by atoms with Crippen molar-refractivity contribution >= 4 is 29.7 Å². The van der Waals surface area contributed by atoms with Crippen molar-refractivity contribution in [2.75, 3.05) is 13.2 Å². The largest absolute Gasteiger partial charge is 0.481 e. The number of aliphatic carboxylic acids is 2. The van der Waals surface area contributed by atoms with Gasteiger partial charge in [0.05, 0.1) is 12.6 Å². The number of nitrogens with two attached hydrogens (primary N) is 1. The van der Waals surface area contributed by atoms with E-state index in [1.54, 1.807) is 0 Å². The number of nitrogens with one attached hydrogen (secondary N) is 2. The summed E-state index contributed by atoms with van der Waals surface area (Å²) in [6, 6.07) is -4.58. The van der Waals surface area contributed by atoms with E-state index in [0.29, 0.717) is 6.42 Å². The zero-order chi connectivity index (χ0) is 21.4. The molecule has 0 aromatic heterocycles. The highest BCUT2D eigenvalue weighted by Gasteiger charge is 2.38. The molecule has 4 atom stereocenters. The zero-order valence-electron chi connectivity index (χ0n) is 15.5. The van der Waals surface area contributed by atoms with Gasteiger partial charge in [0, 0.05) is 13.0 Å². The first-order valence-electron chi connectivity index (χ1n) is 8.80. The van der Waals surface area contributed by atoms with Gasteiger partial charge >= 0.3 is 11.9 Å². The summed E-state index contributed by atoms with van der Waals surface area (Å²) in [6.45, 7) is 0.899. The van der Waals surface area contributed by atoms with Crippen LogP contribution in [0.3, 0.4) is 0 Å². The van der Waals surface area contributed by atoms with Crippen LogP contribution < -0.4 is 16.4 Å². The molecule has 3 amide bonds. The van der Waals surface area contributed by atoms with Gasteiger partial charge in [-0.2, -0.15) is 0 Å². The minimum atomic E-state index is -1.41. The summed E-state index contributed by atoms with van der Waals surface area (Å²) in [4.78, 5) is 59.8. The summed E-state index contributed by atoms with van der Waals surface area (Å²) < 4.78 is 0. The van der Waals surface area contributed by atoms with Gasteiger partial charge in [0.2, 0.25) is 17.7 Å². The standard InChI is InChI=1S/C16H26N4O8/c1-8(17)13(24)19-10(7-21)15(26)20-6-2-3-11(20)14(25)18-9(16(27)28)4-5-12(22)23/h8-11,21H,2-7,17H2,1H3,(H,18,25)(H,19,24)(H,22,23)(H,27,28). The van der Waals surface area contributed by atoms with Gasteiger partial charge in [-0.25, -0.2) is 4.79 Å². The molecule has 0 saturated carbocycles. The Labute approximate surface area is 161 Å². The summed E-state index contributed by atoms with van der Waals surface area (Å²) in [5.74, 6) is -4.66. The first-order valence-corrected chi connectivity index (χ1v) is 8.80. The third-order valence-corrected chi connectivity index (χ3v) is 4.31. The molecular weight excluding hydrogens is 376 g/mol. The second-order valence-electron chi connectivity index (χ2n) is 6.55. The molecule has 0 bridgehead atoms. The number of likely N-dealkylation sites (tertiary alicyclic amines) is 1. The first kappa shape index (κ1) is 23.3. The molecule has 12 nitrogen and oxygen atoms in total. The Bertz CT molecular complexity index is 624. The van der Waals surface area contributed by atoms with Crippen molar-refractivity contribution in [3.05, 3.63) is 0 Å². The second kappa shape index (κ2) is 10.6. The average molecular weight is 402 g/mol. The SMILES string of the molecule is CC(N)C(=O)NC(CO)C(=O)N1CCCC1C(=O)NC(CCC(=O)O)C(=O)O. The van der Waals surface area contributed by atoms with Gasteiger partial charge in [-0.1, -0.05) is 0 Å². The minimum Gasteiger partial charge on any atom is -0.481 e. The van der Waals surface area contributed by atoms with Crippen LogP contribution in [0.2, 0.25) is 0 Å². The molecule has 12 heteroatoms. The molecule has 0 aromatic carbocycles. The number of nitrogens with zero attached hydrogens (tertiary/aromatic N) is 1. The molecular formula is C16H26N4O8. The summed E-state index contributed by atoms with van der Waals surface area (Å²) in [5, 5.41) is 31.8. The fraction of sp³-hybridized carbons (Fsp3) is 0.688. The lowest BCUT2D eigenvalue weighted by Gasteiger charge is -2.29. The number of carbonyl (C=O) groups is 5. The van der Waals surface area contributed by atoms with Crippen LogP contribution in [-0.2, 0) is 24.0 Å². The van der Waals surface area contributed by atoms with E-state index in [0.717, 1.165) is 4.90 Å². The molecule has 7 N–H and O–H groups in total. The molecule has 1 heterocycles. The van der Waals surface area contributed by atoms with Crippen molar-refractivity contribution < 1.29 is 39.3 Å². The van der Waals surface area contributed by atoms with E-state index in [9.17, 15) is 29.1 Å². The van der Waals surface area contributed by atoms with Gasteiger partial charge in [0.25, 0.3) is 0 Å². The highest BCUT2D eigenvalue weighted by Crippen LogP contribution is 2.19. The molecule has 1 rings (SSSR count). The molecule has 0 spiro atoms. The lowest BCUT2D eigenvalue weighted by Crippen LogP contribution is -2.57.